The summed E-state index contributed by atoms with van der Waals surface area (Å²) in [6.07, 6.45) is 1.64. The van der Waals surface area contributed by atoms with Crippen LogP contribution in [-0.2, 0) is 21.4 Å². The van der Waals surface area contributed by atoms with Crippen LogP contribution in [0.1, 0.15) is 34.3 Å². The topological polar surface area (TPSA) is 81.7 Å². The molecule has 0 radical (unpaired) electrons. The number of aryl methyl sites for hydroxylation is 1. The average Bonchev–Trinajstić information content (AvgIpc) is 3.43. The van der Waals surface area contributed by atoms with Crippen molar-refractivity contribution in [3.05, 3.63) is 58.9 Å². The summed E-state index contributed by atoms with van der Waals surface area (Å²) in [5.41, 5.74) is 1.20. The Morgan fingerprint density at radius 2 is 1.96 bits per heavy atom. The van der Waals surface area contributed by atoms with Gasteiger partial charge in [0.1, 0.15) is 6.61 Å². The number of carbonyl (C=O) groups excluding carboxylic acids is 1. The van der Waals surface area contributed by atoms with Crippen molar-refractivity contribution < 1.29 is 27.1 Å². The van der Waals surface area contributed by atoms with E-state index in [0.29, 0.717) is 11.1 Å². The van der Waals surface area contributed by atoms with E-state index in [1.165, 1.54) is 31.4 Å². The zero-order chi connectivity index (χ0) is 19.6. The smallest absolute Gasteiger partial charge is 0.338 e. The first-order chi connectivity index (χ1) is 12.8. The SMILES string of the molecule is COc1ccc(COC(=O)c2cc(S(=O)(=O)NC3CC3)ccc2C)cc1F. The lowest BCUT2D eigenvalue weighted by atomic mass is 10.1. The number of hydrogen-bond acceptors (Lipinski definition) is 5. The summed E-state index contributed by atoms with van der Waals surface area (Å²) in [6, 6.07) is 8.54. The number of esters is 1. The maximum absolute atomic E-state index is 13.7. The molecule has 0 heterocycles. The van der Waals surface area contributed by atoms with Crippen molar-refractivity contribution >= 4 is 16.0 Å². The van der Waals surface area contributed by atoms with Gasteiger partial charge in [0.25, 0.3) is 0 Å². The van der Waals surface area contributed by atoms with Crippen molar-refractivity contribution in [1.82, 2.24) is 4.72 Å². The van der Waals surface area contributed by atoms with Gasteiger partial charge in [-0.05, 0) is 55.2 Å². The zero-order valence-corrected chi connectivity index (χ0v) is 15.8. The number of carbonyl (C=O) groups is 1. The van der Waals surface area contributed by atoms with Crippen LogP contribution < -0.4 is 9.46 Å². The highest BCUT2D eigenvalue weighted by Crippen LogP contribution is 2.24. The van der Waals surface area contributed by atoms with E-state index in [9.17, 15) is 17.6 Å². The van der Waals surface area contributed by atoms with Gasteiger partial charge in [0.05, 0.1) is 17.6 Å². The van der Waals surface area contributed by atoms with E-state index in [1.807, 2.05) is 0 Å². The number of halogens is 1. The molecule has 0 atom stereocenters. The standard InChI is InChI=1S/C19H20FNO5S/c1-12-3-7-15(27(23,24)21-14-5-6-14)10-16(12)19(22)26-11-13-4-8-18(25-2)17(20)9-13/h3-4,7-10,14,21H,5-6,11H2,1-2H3. The Morgan fingerprint density at radius 3 is 2.59 bits per heavy atom. The highest BCUT2D eigenvalue weighted by Gasteiger charge is 2.28. The first kappa shape index (κ1) is 19.3. The highest BCUT2D eigenvalue weighted by molar-refractivity contribution is 7.89. The minimum Gasteiger partial charge on any atom is -0.494 e. The molecule has 0 spiro atoms. The molecule has 1 fully saturated rings. The summed E-state index contributed by atoms with van der Waals surface area (Å²) >= 11 is 0. The largest absolute Gasteiger partial charge is 0.494 e. The van der Waals surface area contributed by atoms with E-state index in [1.54, 1.807) is 19.1 Å². The van der Waals surface area contributed by atoms with Crippen LogP contribution in [0.3, 0.4) is 0 Å². The van der Waals surface area contributed by atoms with Gasteiger partial charge in [-0.3, -0.25) is 0 Å². The van der Waals surface area contributed by atoms with Gasteiger partial charge in [0.2, 0.25) is 10.0 Å². The van der Waals surface area contributed by atoms with Gasteiger partial charge in [-0.15, -0.1) is 0 Å². The second-order valence-corrected chi connectivity index (χ2v) is 8.13. The molecule has 144 valence electrons. The molecule has 3 rings (SSSR count). The predicted molar refractivity (Wildman–Crippen MR) is 96.6 cm³/mol. The first-order valence-electron chi connectivity index (χ1n) is 8.42. The molecule has 0 unspecified atom stereocenters. The van der Waals surface area contributed by atoms with Gasteiger partial charge >= 0.3 is 5.97 Å². The van der Waals surface area contributed by atoms with Crippen molar-refractivity contribution in [2.45, 2.75) is 37.3 Å². The Kier molecular flexibility index (Phi) is 5.48. The Balaban J connectivity index is 1.74. The number of rotatable bonds is 7. The van der Waals surface area contributed by atoms with E-state index in [4.69, 9.17) is 9.47 Å². The lowest BCUT2D eigenvalue weighted by molar-refractivity contribution is 0.0471. The van der Waals surface area contributed by atoms with Crippen LogP contribution in [0.25, 0.3) is 0 Å². The molecule has 1 N–H and O–H groups in total. The molecule has 8 heteroatoms. The molecule has 0 amide bonds. The van der Waals surface area contributed by atoms with E-state index in [-0.39, 0.29) is 28.9 Å². The van der Waals surface area contributed by atoms with Crippen LogP contribution in [-0.4, -0.2) is 27.5 Å². The molecule has 0 aromatic heterocycles. The minimum absolute atomic E-state index is 0.0161. The zero-order valence-electron chi connectivity index (χ0n) is 15.0. The fourth-order valence-electron chi connectivity index (χ4n) is 2.50. The van der Waals surface area contributed by atoms with Crippen molar-refractivity contribution in [3.8, 4) is 5.75 Å². The Bertz CT molecular complexity index is 970. The number of benzene rings is 2. The maximum Gasteiger partial charge on any atom is 0.338 e. The number of nitrogens with one attached hydrogen (secondary N) is 1. The number of hydrogen-bond donors (Lipinski definition) is 1. The predicted octanol–water partition coefficient (Wildman–Crippen LogP) is 2.94. The van der Waals surface area contributed by atoms with Crippen molar-refractivity contribution in [2.24, 2.45) is 0 Å². The number of ether oxygens (including phenoxy) is 2. The highest BCUT2D eigenvalue weighted by atomic mass is 32.2. The van der Waals surface area contributed by atoms with Crippen LogP contribution in [0, 0.1) is 12.7 Å². The van der Waals surface area contributed by atoms with Gasteiger partial charge in [-0.1, -0.05) is 12.1 Å². The maximum atomic E-state index is 13.7. The number of methoxy groups -OCH3 is 1. The van der Waals surface area contributed by atoms with Gasteiger partial charge in [-0.2, -0.15) is 0 Å². The summed E-state index contributed by atoms with van der Waals surface area (Å²) in [5.74, 6) is -1.13. The second kappa shape index (κ2) is 7.66. The lowest BCUT2D eigenvalue weighted by Gasteiger charge is -2.11. The molecular formula is C19H20FNO5S. The molecular weight excluding hydrogens is 373 g/mol. The van der Waals surface area contributed by atoms with Crippen LogP contribution in [0.15, 0.2) is 41.3 Å². The summed E-state index contributed by atoms with van der Waals surface area (Å²) in [7, 11) is -2.31. The summed E-state index contributed by atoms with van der Waals surface area (Å²) in [5, 5.41) is 0. The third-order valence-electron chi connectivity index (χ3n) is 4.22. The molecule has 0 bridgehead atoms. The summed E-state index contributed by atoms with van der Waals surface area (Å²) in [4.78, 5) is 12.4. The normalized spacial score (nSPS) is 14.0. The first-order valence-corrected chi connectivity index (χ1v) is 9.91. The molecule has 2 aromatic carbocycles. The van der Waals surface area contributed by atoms with E-state index in [0.717, 1.165) is 12.8 Å². The molecule has 0 saturated heterocycles. The molecule has 2 aromatic rings. The lowest BCUT2D eigenvalue weighted by Crippen LogP contribution is -2.26. The van der Waals surface area contributed by atoms with Crippen LogP contribution in [0.5, 0.6) is 5.75 Å². The Hall–Kier alpha value is -2.45. The van der Waals surface area contributed by atoms with Gasteiger partial charge in [0.15, 0.2) is 11.6 Å². The van der Waals surface area contributed by atoms with E-state index >= 15 is 0 Å². The number of sulfonamides is 1. The third kappa shape index (κ3) is 4.64. The summed E-state index contributed by atoms with van der Waals surface area (Å²) < 4.78 is 51.0. The summed E-state index contributed by atoms with van der Waals surface area (Å²) in [6.45, 7) is 1.55. The van der Waals surface area contributed by atoms with Crippen molar-refractivity contribution in [3.63, 3.8) is 0 Å². The second-order valence-electron chi connectivity index (χ2n) is 6.42. The molecule has 1 aliphatic rings. The molecule has 0 aliphatic heterocycles. The van der Waals surface area contributed by atoms with E-state index < -0.39 is 21.8 Å². The molecule has 27 heavy (non-hydrogen) atoms. The van der Waals surface area contributed by atoms with Crippen LogP contribution in [0.2, 0.25) is 0 Å². The quantitative estimate of drug-likeness (QED) is 0.732. The molecule has 1 saturated carbocycles. The third-order valence-corrected chi connectivity index (χ3v) is 5.74. The fourth-order valence-corrected chi connectivity index (χ4v) is 3.83. The van der Waals surface area contributed by atoms with E-state index in [2.05, 4.69) is 4.72 Å². The Morgan fingerprint density at radius 1 is 1.22 bits per heavy atom. The molecule has 1 aliphatic carbocycles. The molecule has 6 nitrogen and oxygen atoms in total. The van der Waals surface area contributed by atoms with Gasteiger partial charge in [-0.25, -0.2) is 22.3 Å². The monoisotopic (exact) mass is 393 g/mol. The van der Waals surface area contributed by atoms with Crippen LogP contribution in [0.4, 0.5) is 4.39 Å². The fraction of sp³-hybridized carbons (Fsp3) is 0.316. The average molecular weight is 393 g/mol. The Labute approximate surface area is 157 Å². The minimum atomic E-state index is -3.67. The van der Waals surface area contributed by atoms with Crippen molar-refractivity contribution in [1.29, 1.82) is 0 Å². The van der Waals surface area contributed by atoms with Gasteiger partial charge < -0.3 is 9.47 Å². The van der Waals surface area contributed by atoms with Gasteiger partial charge in [0, 0.05) is 6.04 Å². The van der Waals surface area contributed by atoms with Crippen LogP contribution >= 0.6 is 0 Å². The van der Waals surface area contributed by atoms with Crippen molar-refractivity contribution in [2.75, 3.05) is 7.11 Å².